The van der Waals surface area contributed by atoms with Crippen LogP contribution in [-0.2, 0) is 6.42 Å². The van der Waals surface area contributed by atoms with Crippen molar-refractivity contribution in [3.63, 3.8) is 0 Å². The molecular formula is C15H18ClN3OS. The van der Waals surface area contributed by atoms with Crippen molar-refractivity contribution in [1.29, 1.82) is 0 Å². The maximum Gasteiger partial charge on any atom is 0.255 e. The van der Waals surface area contributed by atoms with Gasteiger partial charge in [-0.1, -0.05) is 17.7 Å². The zero-order valence-corrected chi connectivity index (χ0v) is 13.8. The highest BCUT2D eigenvalue weighted by atomic mass is 35.5. The predicted molar refractivity (Wildman–Crippen MR) is 88.4 cm³/mol. The van der Waals surface area contributed by atoms with Crippen LogP contribution in [-0.4, -0.2) is 35.9 Å². The molecule has 1 unspecified atom stereocenters. The van der Waals surface area contributed by atoms with Crippen LogP contribution in [0.3, 0.4) is 0 Å². The number of nitrogens with zero attached hydrogens (tertiary/aromatic N) is 2. The number of anilines is 1. The second-order valence-corrected chi connectivity index (χ2v) is 6.29. The summed E-state index contributed by atoms with van der Waals surface area (Å²) in [6.07, 6.45) is 2.33. The molecule has 0 aromatic carbocycles. The van der Waals surface area contributed by atoms with Crippen molar-refractivity contribution in [3.05, 3.63) is 45.2 Å². The molecule has 0 aliphatic heterocycles. The Bertz CT molecular complexity index is 615. The number of aromatic nitrogens is 1. The zero-order chi connectivity index (χ0) is 15.4. The predicted octanol–water partition coefficient (Wildman–Crippen LogP) is 3.54. The molecule has 0 saturated carbocycles. The maximum absolute atomic E-state index is 12.6. The fourth-order valence-corrected chi connectivity index (χ4v) is 3.00. The lowest BCUT2D eigenvalue weighted by Gasteiger charge is -2.25. The molecule has 0 aliphatic rings. The normalized spacial score (nSPS) is 12.0. The van der Waals surface area contributed by atoms with Crippen molar-refractivity contribution in [2.75, 3.05) is 19.4 Å². The van der Waals surface area contributed by atoms with Crippen LogP contribution in [0.4, 0.5) is 5.82 Å². The first kappa shape index (κ1) is 15.8. The SMILES string of the molecule is CNc1cc(C(=O)N(C)C(C)Cc2cccs2)c(Cl)cn1. The molecule has 112 valence electrons. The largest absolute Gasteiger partial charge is 0.373 e. The van der Waals surface area contributed by atoms with E-state index in [2.05, 4.69) is 16.4 Å². The lowest BCUT2D eigenvalue weighted by atomic mass is 10.1. The highest BCUT2D eigenvalue weighted by Gasteiger charge is 2.21. The van der Waals surface area contributed by atoms with Gasteiger partial charge in [0, 0.05) is 37.6 Å². The summed E-state index contributed by atoms with van der Waals surface area (Å²) in [4.78, 5) is 19.7. The molecule has 0 bridgehead atoms. The molecule has 1 atom stereocenters. The monoisotopic (exact) mass is 323 g/mol. The number of rotatable bonds is 5. The van der Waals surface area contributed by atoms with E-state index in [4.69, 9.17) is 11.6 Å². The number of nitrogens with one attached hydrogen (secondary N) is 1. The molecule has 0 spiro atoms. The Kier molecular flexibility index (Phi) is 5.20. The Morgan fingerprint density at radius 1 is 1.57 bits per heavy atom. The van der Waals surface area contributed by atoms with Crippen molar-refractivity contribution >= 4 is 34.7 Å². The summed E-state index contributed by atoms with van der Waals surface area (Å²) < 4.78 is 0. The van der Waals surface area contributed by atoms with E-state index in [9.17, 15) is 4.79 Å². The number of hydrogen-bond acceptors (Lipinski definition) is 4. The molecule has 2 aromatic heterocycles. The number of carbonyl (C=O) groups excluding carboxylic acids is 1. The molecule has 2 heterocycles. The first-order valence-electron chi connectivity index (χ1n) is 6.65. The number of pyridine rings is 1. The number of halogens is 1. The van der Waals surface area contributed by atoms with E-state index in [1.165, 1.54) is 11.1 Å². The lowest BCUT2D eigenvalue weighted by molar-refractivity contribution is 0.0744. The number of hydrogen-bond donors (Lipinski definition) is 1. The van der Waals surface area contributed by atoms with Gasteiger partial charge in [-0.2, -0.15) is 0 Å². The molecule has 21 heavy (non-hydrogen) atoms. The zero-order valence-electron chi connectivity index (χ0n) is 12.3. The van der Waals surface area contributed by atoms with Crippen LogP contribution in [0.2, 0.25) is 5.02 Å². The summed E-state index contributed by atoms with van der Waals surface area (Å²) in [5.41, 5.74) is 0.469. The van der Waals surface area contributed by atoms with Crippen molar-refractivity contribution in [1.82, 2.24) is 9.88 Å². The highest BCUT2D eigenvalue weighted by Crippen LogP contribution is 2.21. The minimum absolute atomic E-state index is 0.0945. The molecule has 0 aliphatic carbocycles. The second kappa shape index (κ2) is 6.91. The van der Waals surface area contributed by atoms with Crippen LogP contribution in [0.1, 0.15) is 22.2 Å². The summed E-state index contributed by atoms with van der Waals surface area (Å²) in [5, 5.41) is 5.33. The van der Waals surface area contributed by atoms with Gasteiger partial charge in [0.05, 0.1) is 10.6 Å². The van der Waals surface area contributed by atoms with Gasteiger partial charge in [-0.15, -0.1) is 11.3 Å². The molecule has 1 amide bonds. The van der Waals surface area contributed by atoms with E-state index in [1.54, 1.807) is 36.4 Å². The molecular weight excluding hydrogens is 306 g/mol. The van der Waals surface area contributed by atoms with E-state index in [-0.39, 0.29) is 11.9 Å². The average Bonchev–Trinajstić information content (AvgIpc) is 2.99. The molecule has 4 nitrogen and oxygen atoms in total. The van der Waals surface area contributed by atoms with E-state index in [0.717, 1.165) is 6.42 Å². The van der Waals surface area contributed by atoms with Crippen LogP contribution in [0.25, 0.3) is 0 Å². The van der Waals surface area contributed by atoms with Crippen molar-refractivity contribution in [2.45, 2.75) is 19.4 Å². The van der Waals surface area contributed by atoms with Crippen LogP contribution < -0.4 is 5.32 Å². The van der Waals surface area contributed by atoms with Crippen LogP contribution in [0.15, 0.2) is 29.8 Å². The summed E-state index contributed by atoms with van der Waals surface area (Å²) in [6.45, 7) is 2.03. The fourth-order valence-electron chi connectivity index (χ4n) is 1.99. The molecule has 0 fully saturated rings. The Balaban J connectivity index is 2.14. The van der Waals surface area contributed by atoms with E-state index < -0.39 is 0 Å². The number of thiophene rings is 1. The third kappa shape index (κ3) is 3.74. The molecule has 0 radical (unpaired) electrons. The average molecular weight is 324 g/mol. The summed E-state index contributed by atoms with van der Waals surface area (Å²) in [6, 6.07) is 5.88. The Labute approximate surface area is 133 Å². The standard InChI is InChI=1S/C15H18ClN3OS/c1-10(7-11-5-4-6-21-11)19(3)15(20)12-8-14(17-2)18-9-13(12)16/h4-6,8-10H,7H2,1-3H3,(H,17,18). The minimum Gasteiger partial charge on any atom is -0.373 e. The summed E-state index contributed by atoms with van der Waals surface area (Å²) >= 11 is 7.81. The van der Waals surface area contributed by atoms with Gasteiger partial charge in [0.1, 0.15) is 5.82 Å². The third-order valence-corrected chi connectivity index (χ3v) is 4.60. The van der Waals surface area contributed by atoms with Crippen molar-refractivity contribution < 1.29 is 4.79 Å². The van der Waals surface area contributed by atoms with Gasteiger partial charge < -0.3 is 10.2 Å². The van der Waals surface area contributed by atoms with Crippen molar-refractivity contribution in [2.24, 2.45) is 0 Å². The van der Waals surface area contributed by atoms with Gasteiger partial charge in [0.15, 0.2) is 0 Å². The first-order valence-corrected chi connectivity index (χ1v) is 7.91. The van der Waals surface area contributed by atoms with Crippen LogP contribution >= 0.6 is 22.9 Å². The molecule has 6 heteroatoms. The highest BCUT2D eigenvalue weighted by molar-refractivity contribution is 7.09. The van der Waals surface area contributed by atoms with Crippen molar-refractivity contribution in [3.8, 4) is 0 Å². The Morgan fingerprint density at radius 3 is 2.95 bits per heavy atom. The van der Waals surface area contributed by atoms with Gasteiger partial charge in [-0.25, -0.2) is 4.98 Å². The smallest absolute Gasteiger partial charge is 0.255 e. The molecule has 1 N–H and O–H groups in total. The Hall–Kier alpha value is -1.59. The van der Waals surface area contributed by atoms with Gasteiger partial charge in [-0.05, 0) is 24.4 Å². The molecule has 2 aromatic rings. The van der Waals surface area contributed by atoms with E-state index in [0.29, 0.717) is 16.4 Å². The number of likely N-dealkylation sites (N-methyl/N-ethyl adjacent to an activating group) is 1. The van der Waals surface area contributed by atoms with Gasteiger partial charge in [-0.3, -0.25) is 4.79 Å². The third-order valence-electron chi connectivity index (χ3n) is 3.40. The molecule has 2 rings (SSSR count). The van der Waals surface area contributed by atoms with Crippen LogP contribution in [0.5, 0.6) is 0 Å². The number of amides is 1. The van der Waals surface area contributed by atoms with Crippen LogP contribution in [0, 0.1) is 0 Å². The summed E-state index contributed by atoms with van der Waals surface area (Å²) in [5.74, 6) is 0.532. The number of carbonyl (C=O) groups is 1. The summed E-state index contributed by atoms with van der Waals surface area (Å²) in [7, 11) is 3.56. The topological polar surface area (TPSA) is 45.2 Å². The van der Waals surface area contributed by atoms with E-state index >= 15 is 0 Å². The van der Waals surface area contributed by atoms with Gasteiger partial charge in [0.2, 0.25) is 0 Å². The van der Waals surface area contributed by atoms with E-state index in [1.807, 2.05) is 18.4 Å². The molecule has 0 saturated heterocycles. The lowest BCUT2D eigenvalue weighted by Crippen LogP contribution is -2.36. The maximum atomic E-state index is 12.6. The van der Waals surface area contributed by atoms with Gasteiger partial charge in [0.25, 0.3) is 5.91 Å². The first-order chi connectivity index (χ1) is 10.0. The minimum atomic E-state index is -0.0945. The fraction of sp³-hybridized carbons (Fsp3) is 0.333. The Morgan fingerprint density at radius 2 is 2.33 bits per heavy atom. The quantitative estimate of drug-likeness (QED) is 0.915. The van der Waals surface area contributed by atoms with Gasteiger partial charge >= 0.3 is 0 Å². The second-order valence-electron chi connectivity index (χ2n) is 4.85.